The fourth-order valence-corrected chi connectivity index (χ4v) is 4.95. The van der Waals surface area contributed by atoms with Gasteiger partial charge in [0.2, 0.25) is 5.43 Å². The number of thiazole rings is 1. The molecular formula is C22H18ClN3O3S. The van der Waals surface area contributed by atoms with Crippen LogP contribution in [0.4, 0.5) is 5.13 Å². The predicted molar refractivity (Wildman–Crippen MR) is 120 cm³/mol. The van der Waals surface area contributed by atoms with Crippen LogP contribution in [0.1, 0.15) is 15.9 Å². The number of aryl methyl sites for hydroxylation is 1. The van der Waals surface area contributed by atoms with Crippen molar-refractivity contribution >= 4 is 55.2 Å². The first-order chi connectivity index (χ1) is 14.5. The summed E-state index contributed by atoms with van der Waals surface area (Å²) in [7, 11) is 0. The molecule has 8 heteroatoms. The lowest BCUT2D eigenvalue weighted by molar-refractivity contribution is 0.0743. The minimum Gasteiger partial charge on any atom is -0.463 e. The molecule has 152 valence electrons. The van der Waals surface area contributed by atoms with Crippen molar-refractivity contribution in [3.63, 3.8) is 0 Å². The van der Waals surface area contributed by atoms with Gasteiger partial charge in [0, 0.05) is 31.2 Å². The van der Waals surface area contributed by atoms with Crippen molar-refractivity contribution in [1.82, 2.24) is 9.88 Å². The standard InChI is InChI=1S/C22H18ClN3O3S/c1-13-16(23)6-7-18-19(13)24-22(30-18)26-10-8-25(9-11-26)21(28)15-12-29-17-5-3-2-4-14(17)20(15)27/h2-7,12H,8-11H2,1H3. The normalized spacial score (nSPS) is 14.6. The molecular weight excluding hydrogens is 422 g/mol. The summed E-state index contributed by atoms with van der Waals surface area (Å²) in [5.74, 6) is -0.291. The molecule has 1 amide bonds. The van der Waals surface area contributed by atoms with Gasteiger partial charge in [0.15, 0.2) is 5.13 Å². The van der Waals surface area contributed by atoms with Crippen LogP contribution in [0, 0.1) is 6.92 Å². The van der Waals surface area contributed by atoms with E-state index >= 15 is 0 Å². The van der Waals surface area contributed by atoms with Crippen LogP contribution in [-0.4, -0.2) is 42.0 Å². The largest absolute Gasteiger partial charge is 0.463 e. The molecule has 0 radical (unpaired) electrons. The smallest absolute Gasteiger partial charge is 0.261 e. The summed E-state index contributed by atoms with van der Waals surface area (Å²) in [5, 5.41) is 2.06. The van der Waals surface area contributed by atoms with Gasteiger partial charge in [-0.2, -0.15) is 0 Å². The summed E-state index contributed by atoms with van der Waals surface area (Å²) in [6, 6.07) is 10.8. The number of carbonyl (C=O) groups is 1. The molecule has 0 bridgehead atoms. The average molecular weight is 440 g/mol. The van der Waals surface area contributed by atoms with Gasteiger partial charge in [0.05, 0.1) is 15.6 Å². The molecule has 0 aliphatic carbocycles. The lowest BCUT2D eigenvalue weighted by Crippen LogP contribution is -2.49. The van der Waals surface area contributed by atoms with Crippen LogP contribution in [0.15, 0.2) is 51.9 Å². The van der Waals surface area contributed by atoms with Crippen LogP contribution < -0.4 is 10.3 Å². The summed E-state index contributed by atoms with van der Waals surface area (Å²) in [6.07, 6.45) is 1.28. The highest BCUT2D eigenvalue weighted by atomic mass is 35.5. The first-order valence-electron chi connectivity index (χ1n) is 9.63. The number of anilines is 1. The quantitative estimate of drug-likeness (QED) is 0.465. The van der Waals surface area contributed by atoms with E-state index in [-0.39, 0.29) is 16.9 Å². The third-order valence-electron chi connectivity index (χ3n) is 5.48. The Morgan fingerprint density at radius 2 is 1.90 bits per heavy atom. The summed E-state index contributed by atoms with van der Waals surface area (Å²) in [5.41, 5.74) is 2.17. The fraction of sp³-hybridized carbons (Fsp3) is 0.227. The molecule has 0 N–H and O–H groups in total. The van der Waals surface area contributed by atoms with Crippen LogP contribution in [0.5, 0.6) is 0 Å². The zero-order valence-corrected chi connectivity index (χ0v) is 17.8. The second kappa shape index (κ2) is 7.41. The number of hydrogen-bond donors (Lipinski definition) is 0. The number of halogens is 1. The number of carbonyl (C=O) groups excluding carboxylic acids is 1. The highest BCUT2D eigenvalue weighted by Crippen LogP contribution is 2.33. The molecule has 0 atom stereocenters. The van der Waals surface area contributed by atoms with Gasteiger partial charge in [0.25, 0.3) is 5.91 Å². The summed E-state index contributed by atoms with van der Waals surface area (Å²) in [4.78, 5) is 34.3. The zero-order chi connectivity index (χ0) is 20.8. The molecule has 1 fully saturated rings. The Hall–Kier alpha value is -2.90. The minimum atomic E-state index is -0.291. The first kappa shape index (κ1) is 19.1. The Morgan fingerprint density at radius 3 is 2.70 bits per heavy atom. The molecule has 2 aromatic heterocycles. The van der Waals surface area contributed by atoms with Gasteiger partial charge in [-0.05, 0) is 36.8 Å². The molecule has 1 saturated heterocycles. The second-order valence-electron chi connectivity index (χ2n) is 7.27. The Labute approximate surface area is 181 Å². The molecule has 3 heterocycles. The van der Waals surface area contributed by atoms with E-state index in [4.69, 9.17) is 21.0 Å². The SMILES string of the molecule is Cc1c(Cl)ccc2sc(N3CCN(C(=O)c4coc5ccccc5c4=O)CC3)nc12. The number of benzene rings is 2. The van der Waals surface area contributed by atoms with Crippen molar-refractivity contribution in [2.24, 2.45) is 0 Å². The highest BCUT2D eigenvalue weighted by molar-refractivity contribution is 7.22. The molecule has 0 saturated carbocycles. The van der Waals surface area contributed by atoms with Crippen molar-refractivity contribution in [3.8, 4) is 0 Å². The zero-order valence-electron chi connectivity index (χ0n) is 16.2. The van der Waals surface area contributed by atoms with E-state index in [1.807, 2.05) is 19.1 Å². The third kappa shape index (κ3) is 3.14. The maximum absolute atomic E-state index is 13.0. The summed E-state index contributed by atoms with van der Waals surface area (Å²) < 4.78 is 6.60. The van der Waals surface area contributed by atoms with E-state index in [1.165, 1.54) is 6.26 Å². The number of fused-ring (bicyclic) bond motifs is 2. The number of amides is 1. The highest BCUT2D eigenvalue weighted by Gasteiger charge is 2.26. The van der Waals surface area contributed by atoms with Gasteiger partial charge in [-0.15, -0.1) is 0 Å². The molecule has 4 aromatic rings. The molecule has 0 unspecified atom stereocenters. The maximum Gasteiger partial charge on any atom is 0.261 e. The van der Waals surface area contributed by atoms with Crippen LogP contribution in [0.3, 0.4) is 0 Å². The Balaban J connectivity index is 1.35. The molecule has 1 aliphatic rings. The topological polar surface area (TPSA) is 66.7 Å². The number of aromatic nitrogens is 1. The number of para-hydroxylation sites is 1. The lowest BCUT2D eigenvalue weighted by atomic mass is 10.1. The van der Waals surface area contributed by atoms with Gasteiger partial charge in [-0.3, -0.25) is 9.59 Å². The fourth-order valence-electron chi connectivity index (χ4n) is 3.72. The van der Waals surface area contributed by atoms with Crippen LogP contribution in [0.2, 0.25) is 5.02 Å². The third-order valence-corrected chi connectivity index (χ3v) is 6.98. The van der Waals surface area contributed by atoms with Gasteiger partial charge < -0.3 is 14.2 Å². The first-order valence-corrected chi connectivity index (χ1v) is 10.8. The van der Waals surface area contributed by atoms with Gasteiger partial charge in [-0.1, -0.05) is 35.1 Å². The number of nitrogens with zero attached hydrogens (tertiary/aromatic N) is 3. The minimum absolute atomic E-state index is 0.0763. The molecule has 6 nitrogen and oxygen atoms in total. The van der Waals surface area contributed by atoms with E-state index in [2.05, 4.69) is 4.90 Å². The van der Waals surface area contributed by atoms with Crippen molar-refractivity contribution in [2.75, 3.05) is 31.1 Å². The molecule has 30 heavy (non-hydrogen) atoms. The number of hydrogen-bond acceptors (Lipinski definition) is 6. The monoisotopic (exact) mass is 439 g/mol. The second-order valence-corrected chi connectivity index (χ2v) is 8.69. The van der Waals surface area contributed by atoms with E-state index < -0.39 is 0 Å². The van der Waals surface area contributed by atoms with Crippen LogP contribution in [-0.2, 0) is 0 Å². The molecule has 1 aliphatic heterocycles. The maximum atomic E-state index is 13.0. The van der Waals surface area contributed by atoms with E-state index in [0.717, 1.165) is 20.9 Å². The molecule has 0 spiro atoms. The Morgan fingerprint density at radius 1 is 1.13 bits per heavy atom. The summed E-state index contributed by atoms with van der Waals surface area (Å²) >= 11 is 7.84. The average Bonchev–Trinajstić information content (AvgIpc) is 3.22. The van der Waals surface area contributed by atoms with Gasteiger partial charge >= 0.3 is 0 Å². The van der Waals surface area contributed by atoms with E-state index in [9.17, 15) is 9.59 Å². The predicted octanol–water partition coefficient (Wildman–Crippen LogP) is 4.33. The van der Waals surface area contributed by atoms with E-state index in [0.29, 0.717) is 42.2 Å². The van der Waals surface area contributed by atoms with Crippen molar-refractivity contribution in [1.29, 1.82) is 0 Å². The lowest BCUT2D eigenvalue weighted by Gasteiger charge is -2.34. The van der Waals surface area contributed by atoms with Crippen LogP contribution in [0.25, 0.3) is 21.2 Å². The Bertz CT molecular complexity index is 1340. The van der Waals surface area contributed by atoms with Crippen molar-refractivity contribution < 1.29 is 9.21 Å². The van der Waals surface area contributed by atoms with Crippen molar-refractivity contribution in [3.05, 3.63) is 69.0 Å². The molecule has 2 aromatic carbocycles. The summed E-state index contributed by atoms with van der Waals surface area (Å²) in [6.45, 7) is 4.30. The van der Waals surface area contributed by atoms with Crippen molar-refractivity contribution in [2.45, 2.75) is 6.92 Å². The number of rotatable bonds is 2. The van der Waals surface area contributed by atoms with Crippen LogP contribution >= 0.6 is 22.9 Å². The number of piperazine rings is 1. The van der Waals surface area contributed by atoms with Gasteiger partial charge in [-0.25, -0.2) is 4.98 Å². The molecule has 5 rings (SSSR count). The Kier molecular flexibility index (Phi) is 4.72. The van der Waals surface area contributed by atoms with Gasteiger partial charge in [0.1, 0.15) is 17.4 Å². The van der Waals surface area contributed by atoms with E-state index in [1.54, 1.807) is 40.5 Å².